The molecule has 0 N–H and O–H groups in total. The molecule has 1 aliphatic carbocycles. The number of hydrogen-bond donors (Lipinski definition) is 0. The van der Waals surface area contributed by atoms with Crippen LogP contribution >= 0.6 is 0 Å². The van der Waals surface area contributed by atoms with Gasteiger partial charge in [0.25, 0.3) is 5.56 Å². The molecule has 2 aliphatic rings. The molecule has 2 fully saturated rings. The van der Waals surface area contributed by atoms with Crippen molar-refractivity contribution in [2.45, 2.75) is 12.4 Å². The van der Waals surface area contributed by atoms with Crippen LogP contribution in [0.3, 0.4) is 0 Å². The largest absolute Gasteiger partial charge is 0.573 e. The first-order valence-electron chi connectivity index (χ1n) is 11.9. The van der Waals surface area contributed by atoms with E-state index in [1.807, 2.05) is 16.8 Å². The molecular formula is C24H21F4N9O2. The van der Waals surface area contributed by atoms with Gasteiger partial charge in [-0.2, -0.15) is 4.68 Å². The summed E-state index contributed by atoms with van der Waals surface area (Å²) < 4.78 is 59.1. The van der Waals surface area contributed by atoms with Gasteiger partial charge in [-0.3, -0.25) is 14.3 Å². The predicted molar refractivity (Wildman–Crippen MR) is 130 cm³/mol. The molecule has 1 aliphatic heterocycles. The van der Waals surface area contributed by atoms with E-state index in [4.69, 9.17) is 0 Å². The van der Waals surface area contributed by atoms with E-state index in [0.717, 1.165) is 6.20 Å². The maximum Gasteiger partial charge on any atom is 0.573 e. The average Bonchev–Trinajstić information content (AvgIpc) is 3.22. The minimum absolute atomic E-state index is 0.0738. The number of ether oxygens (including phenoxy) is 1. The highest BCUT2D eigenvalue weighted by atomic mass is 19.4. The normalized spacial score (nSPS) is 20.2. The van der Waals surface area contributed by atoms with Crippen molar-refractivity contribution >= 4 is 11.9 Å². The van der Waals surface area contributed by atoms with E-state index < -0.39 is 12.2 Å². The maximum absolute atomic E-state index is 14.3. The molecule has 11 nitrogen and oxygen atoms in total. The fraction of sp³-hybridized carbons (Fsp3) is 0.333. The summed E-state index contributed by atoms with van der Waals surface area (Å²) in [7, 11) is 3.46. The first kappa shape index (κ1) is 24.8. The zero-order valence-electron chi connectivity index (χ0n) is 20.6. The molecule has 39 heavy (non-hydrogen) atoms. The van der Waals surface area contributed by atoms with Crippen molar-refractivity contribution in [2.75, 3.05) is 29.9 Å². The second-order valence-corrected chi connectivity index (χ2v) is 9.46. The first-order chi connectivity index (χ1) is 18.6. The first-order valence-corrected chi connectivity index (χ1v) is 11.9. The SMILES string of the molecule is CN(c1nc(-c2ccncc2F)cc(=O)n1C)[C@@H]1[C@@H]2CN(c3nnnn3-c3cccc(OC(F)(F)F)c3)C[C@@H]21. The number of aromatic nitrogens is 7. The van der Waals surface area contributed by atoms with Gasteiger partial charge in [-0.25, -0.2) is 9.37 Å². The molecule has 3 aromatic heterocycles. The van der Waals surface area contributed by atoms with Crippen molar-refractivity contribution in [2.24, 2.45) is 18.9 Å². The molecule has 0 amide bonds. The van der Waals surface area contributed by atoms with Gasteiger partial charge in [0.15, 0.2) is 5.82 Å². The zero-order valence-corrected chi connectivity index (χ0v) is 20.6. The third-order valence-electron chi connectivity index (χ3n) is 7.10. The number of benzene rings is 1. The van der Waals surface area contributed by atoms with Crippen molar-refractivity contribution in [1.82, 2.24) is 34.7 Å². The van der Waals surface area contributed by atoms with Crippen molar-refractivity contribution in [3.8, 4) is 22.7 Å². The van der Waals surface area contributed by atoms with Gasteiger partial charge in [-0.1, -0.05) is 11.2 Å². The Morgan fingerprint density at radius 2 is 1.90 bits per heavy atom. The number of piperidine rings is 1. The standard InChI is InChI=1S/C24H21F4N9O2/c1-34-20(38)9-19(15-6-7-29-10-18(15)25)30-22(34)35(2)21-16-11-36(12-17(16)21)23-31-32-33-37(23)13-4-3-5-14(8-13)39-24(26,27)28/h3-10,16-17,21H,11-12H2,1-2H3/t16-,17+,21-. The molecule has 15 heteroatoms. The second kappa shape index (κ2) is 9.03. The number of fused-ring (bicyclic) bond motifs is 1. The Balaban J connectivity index is 1.20. The Morgan fingerprint density at radius 1 is 1.13 bits per heavy atom. The van der Waals surface area contributed by atoms with Crippen LogP contribution in [0.1, 0.15) is 0 Å². The van der Waals surface area contributed by atoms with Crippen LogP contribution < -0.4 is 20.1 Å². The van der Waals surface area contributed by atoms with Crippen molar-refractivity contribution in [3.05, 3.63) is 65.0 Å². The molecule has 0 radical (unpaired) electrons. The number of nitrogens with zero attached hydrogens (tertiary/aromatic N) is 9. The number of alkyl halides is 3. The Morgan fingerprint density at radius 3 is 2.62 bits per heavy atom. The average molecular weight is 543 g/mol. The fourth-order valence-electron chi connectivity index (χ4n) is 5.29. The monoisotopic (exact) mass is 543 g/mol. The lowest BCUT2D eigenvalue weighted by atomic mass is 10.2. The lowest BCUT2D eigenvalue weighted by Crippen LogP contribution is -2.37. The molecule has 1 saturated carbocycles. The molecule has 0 spiro atoms. The van der Waals surface area contributed by atoms with Crippen LogP contribution in [0.5, 0.6) is 5.75 Å². The molecule has 1 saturated heterocycles. The van der Waals surface area contributed by atoms with E-state index in [-0.39, 0.29) is 40.4 Å². The van der Waals surface area contributed by atoms with E-state index in [1.165, 1.54) is 45.8 Å². The van der Waals surface area contributed by atoms with E-state index >= 15 is 0 Å². The van der Waals surface area contributed by atoms with Crippen molar-refractivity contribution in [3.63, 3.8) is 0 Å². The van der Waals surface area contributed by atoms with Crippen LogP contribution in [0.2, 0.25) is 0 Å². The minimum Gasteiger partial charge on any atom is -0.406 e. The third kappa shape index (κ3) is 4.53. The summed E-state index contributed by atoms with van der Waals surface area (Å²) in [5.41, 5.74) is 0.422. The quantitative estimate of drug-likeness (QED) is 0.339. The molecule has 0 unspecified atom stereocenters. The highest BCUT2D eigenvalue weighted by Gasteiger charge is 2.59. The number of halogens is 4. The highest BCUT2D eigenvalue weighted by molar-refractivity contribution is 5.61. The summed E-state index contributed by atoms with van der Waals surface area (Å²) in [6.45, 7) is 1.18. The number of tetrazole rings is 1. The molecule has 4 aromatic rings. The molecule has 6 rings (SSSR count). The Hall–Kier alpha value is -4.56. The predicted octanol–water partition coefficient (Wildman–Crippen LogP) is 2.43. The summed E-state index contributed by atoms with van der Waals surface area (Å²) in [5, 5.41) is 11.8. The Bertz CT molecular complexity index is 1590. The van der Waals surface area contributed by atoms with Crippen LogP contribution in [-0.4, -0.2) is 67.3 Å². The summed E-state index contributed by atoms with van der Waals surface area (Å²) >= 11 is 0. The molecule has 202 valence electrons. The molecule has 4 heterocycles. The zero-order chi connectivity index (χ0) is 27.5. The van der Waals surface area contributed by atoms with E-state index in [9.17, 15) is 22.4 Å². The van der Waals surface area contributed by atoms with Crippen LogP contribution in [-0.2, 0) is 7.05 Å². The van der Waals surface area contributed by atoms with E-state index in [0.29, 0.717) is 30.7 Å². The van der Waals surface area contributed by atoms with Crippen LogP contribution in [0.4, 0.5) is 29.5 Å². The van der Waals surface area contributed by atoms with Crippen molar-refractivity contribution in [1.29, 1.82) is 0 Å². The molecular weight excluding hydrogens is 522 g/mol. The minimum atomic E-state index is -4.82. The van der Waals surface area contributed by atoms with Gasteiger partial charge >= 0.3 is 6.36 Å². The number of hydrogen-bond acceptors (Lipinski definition) is 9. The van der Waals surface area contributed by atoms with Gasteiger partial charge in [0.2, 0.25) is 11.9 Å². The summed E-state index contributed by atoms with van der Waals surface area (Å²) in [5.74, 6) is 0.273. The summed E-state index contributed by atoms with van der Waals surface area (Å²) in [6, 6.07) is 8.26. The van der Waals surface area contributed by atoms with Crippen LogP contribution in [0, 0.1) is 17.7 Å². The topological polar surface area (TPSA) is 107 Å². The summed E-state index contributed by atoms with van der Waals surface area (Å²) in [6.07, 6.45) is -2.30. The van der Waals surface area contributed by atoms with E-state index in [1.54, 1.807) is 13.1 Å². The summed E-state index contributed by atoms with van der Waals surface area (Å²) in [4.78, 5) is 24.9. The third-order valence-corrected chi connectivity index (χ3v) is 7.10. The fourth-order valence-corrected chi connectivity index (χ4v) is 5.29. The second-order valence-electron chi connectivity index (χ2n) is 9.46. The van der Waals surface area contributed by atoms with Gasteiger partial charge in [0, 0.05) is 69.0 Å². The Kier molecular flexibility index (Phi) is 5.73. The number of pyridine rings is 1. The Labute approximate surface area is 218 Å². The molecule has 0 bridgehead atoms. The van der Waals surface area contributed by atoms with Gasteiger partial charge in [-0.05, 0) is 28.6 Å². The van der Waals surface area contributed by atoms with Gasteiger partial charge in [0.05, 0.1) is 17.6 Å². The number of anilines is 2. The lowest BCUT2D eigenvalue weighted by molar-refractivity contribution is -0.274. The number of rotatable bonds is 6. The van der Waals surface area contributed by atoms with Crippen LogP contribution in [0.15, 0.2) is 53.6 Å². The molecule has 1 aromatic carbocycles. The highest BCUT2D eigenvalue weighted by Crippen LogP contribution is 2.50. The maximum atomic E-state index is 14.3. The lowest BCUT2D eigenvalue weighted by Gasteiger charge is -2.26. The van der Waals surface area contributed by atoms with E-state index in [2.05, 4.69) is 30.2 Å². The van der Waals surface area contributed by atoms with Crippen LogP contribution in [0.25, 0.3) is 16.9 Å². The van der Waals surface area contributed by atoms with Gasteiger partial charge < -0.3 is 14.5 Å². The van der Waals surface area contributed by atoms with Gasteiger partial charge in [-0.15, -0.1) is 13.2 Å². The smallest absolute Gasteiger partial charge is 0.406 e. The molecule has 3 atom stereocenters. The van der Waals surface area contributed by atoms with Gasteiger partial charge in [0.1, 0.15) is 5.75 Å². The van der Waals surface area contributed by atoms with Crippen molar-refractivity contribution < 1.29 is 22.3 Å².